The van der Waals surface area contributed by atoms with E-state index in [1.807, 2.05) is 30.3 Å². The molecule has 0 saturated carbocycles. The molecule has 86 valence electrons. The van der Waals surface area contributed by atoms with Gasteiger partial charge < -0.3 is 10.5 Å². The predicted molar refractivity (Wildman–Crippen MR) is 66.1 cm³/mol. The number of rotatable bonds is 5. The fourth-order valence-electron chi connectivity index (χ4n) is 1.05. The van der Waals surface area contributed by atoms with E-state index in [1.165, 1.54) is 11.0 Å². The van der Waals surface area contributed by atoms with E-state index < -0.39 is 0 Å². The summed E-state index contributed by atoms with van der Waals surface area (Å²) in [6.45, 7) is 2.04. The molecule has 0 aliphatic rings. The van der Waals surface area contributed by atoms with Crippen LogP contribution in [0.25, 0.3) is 0 Å². The topological polar surface area (TPSA) is 52.3 Å². The molecule has 1 aromatic carbocycles. The van der Waals surface area contributed by atoms with Gasteiger partial charge in [0.25, 0.3) is 0 Å². The summed E-state index contributed by atoms with van der Waals surface area (Å²) < 4.78 is 4.96. The first-order chi connectivity index (χ1) is 7.68. The van der Waals surface area contributed by atoms with E-state index in [9.17, 15) is 4.79 Å². The minimum Gasteiger partial charge on any atom is -0.462 e. The first kappa shape index (κ1) is 12.6. The van der Waals surface area contributed by atoms with Gasteiger partial charge in [-0.2, -0.15) is 0 Å². The van der Waals surface area contributed by atoms with Gasteiger partial charge in [0.1, 0.15) is 6.61 Å². The van der Waals surface area contributed by atoms with Crippen molar-refractivity contribution in [2.75, 3.05) is 12.4 Å². The van der Waals surface area contributed by atoms with Crippen molar-refractivity contribution in [1.82, 2.24) is 0 Å². The number of carbonyl (C=O) groups excluding carboxylic acids is 1. The third-order valence-corrected chi connectivity index (χ3v) is 2.66. The maximum atomic E-state index is 11.1. The lowest BCUT2D eigenvalue weighted by atomic mass is 10.4. The van der Waals surface area contributed by atoms with Crippen molar-refractivity contribution in [2.24, 2.45) is 5.73 Å². The van der Waals surface area contributed by atoms with Crippen LogP contribution in [0.5, 0.6) is 0 Å². The number of thioether (sulfide) groups is 1. The summed E-state index contributed by atoms with van der Waals surface area (Å²) in [5.74, 6) is 0.362. The molecule has 0 aromatic heterocycles. The van der Waals surface area contributed by atoms with Gasteiger partial charge in [0, 0.05) is 22.4 Å². The number of allylic oxidation sites excluding steroid dienone is 1. The lowest BCUT2D eigenvalue weighted by Crippen LogP contribution is -2.06. The highest BCUT2D eigenvalue weighted by Gasteiger charge is 1.98. The Hall–Kier alpha value is -1.42. The van der Waals surface area contributed by atoms with E-state index in [-0.39, 0.29) is 5.97 Å². The molecular weight excluding hydrogens is 222 g/mol. The van der Waals surface area contributed by atoms with Crippen LogP contribution in [0, 0.1) is 0 Å². The molecule has 0 unspecified atom stereocenters. The van der Waals surface area contributed by atoms with Gasteiger partial charge in [-0.3, -0.25) is 0 Å². The van der Waals surface area contributed by atoms with Crippen LogP contribution in [-0.4, -0.2) is 18.3 Å². The summed E-state index contributed by atoms with van der Waals surface area (Å²) in [6.07, 6.45) is 1.28. The van der Waals surface area contributed by atoms with Crippen molar-refractivity contribution < 1.29 is 9.53 Å². The van der Waals surface area contributed by atoms with Crippen molar-refractivity contribution >= 4 is 17.7 Å². The quantitative estimate of drug-likeness (QED) is 0.369. The first-order valence-corrected chi connectivity index (χ1v) is 5.95. The number of esters is 1. The molecule has 0 aliphatic carbocycles. The Bertz CT molecular complexity index is 359. The summed E-state index contributed by atoms with van der Waals surface area (Å²) in [5, 5.41) is 0. The van der Waals surface area contributed by atoms with Crippen molar-refractivity contribution in [2.45, 2.75) is 11.8 Å². The van der Waals surface area contributed by atoms with Gasteiger partial charge in [0.15, 0.2) is 0 Å². The van der Waals surface area contributed by atoms with Crippen LogP contribution in [0.4, 0.5) is 0 Å². The van der Waals surface area contributed by atoms with Crippen LogP contribution in [0.1, 0.15) is 6.92 Å². The van der Waals surface area contributed by atoms with E-state index in [2.05, 4.69) is 0 Å². The molecule has 0 fully saturated rings. The van der Waals surface area contributed by atoms with E-state index in [0.717, 1.165) is 5.75 Å². The summed E-state index contributed by atoms with van der Waals surface area (Å²) >= 11 is 1.65. The molecule has 16 heavy (non-hydrogen) atoms. The average Bonchev–Trinajstić information content (AvgIpc) is 2.25. The Morgan fingerprint density at radius 2 is 2.12 bits per heavy atom. The third-order valence-electron chi connectivity index (χ3n) is 1.69. The molecule has 0 atom stereocenters. The first-order valence-electron chi connectivity index (χ1n) is 4.97. The zero-order chi connectivity index (χ0) is 11.8. The molecule has 0 bridgehead atoms. The van der Waals surface area contributed by atoms with Crippen LogP contribution in [0.15, 0.2) is 47.0 Å². The van der Waals surface area contributed by atoms with Crippen molar-refractivity contribution in [3.05, 3.63) is 42.1 Å². The van der Waals surface area contributed by atoms with Crippen LogP contribution in [0.3, 0.4) is 0 Å². The fourth-order valence-corrected chi connectivity index (χ4v) is 1.80. The SMILES string of the molecule is CC(N)=CC(=O)OCCSc1ccccc1. The summed E-state index contributed by atoms with van der Waals surface area (Å²) in [6, 6.07) is 9.98. The molecule has 1 aromatic rings. The molecular formula is C12H15NO2S. The second-order valence-corrected chi connectivity index (χ2v) is 4.39. The molecule has 0 amide bonds. The zero-order valence-corrected chi connectivity index (χ0v) is 10.00. The van der Waals surface area contributed by atoms with Gasteiger partial charge in [-0.25, -0.2) is 4.79 Å². The van der Waals surface area contributed by atoms with Crippen molar-refractivity contribution in [3.8, 4) is 0 Å². The van der Waals surface area contributed by atoms with E-state index in [1.54, 1.807) is 18.7 Å². The van der Waals surface area contributed by atoms with Gasteiger partial charge in [-0.1, -0.05) is 18.2 Å². The van der Waals surface area contributed by atoms with Crippen molar-refractivity contribution in [3.63, 3.8) is 0 Å². The van der Waals surface area contributed by atoms with Gasteiger partial charge >= 0.3 is 5.97 Å². The number of hydrogen-bond donors (Lipinski definition) is 1. The summed E-state index contributed by atoms with van der Waals surface area (Å²) in [4.78, 5) is 12.2. The fraction of sp³-hybridized carbons (Fsp3) is 0.250. The second kappa shape index (κ2) is 6.95. The molecule has 0 heterocycles. The number of benzene rings is 1. The largest absolute Gasteiger partial charge is 0.462 e. The monoisotopic (exact) mass is 237 g/mol. The van der Waals surface area contributed by atoms with Crippen LogP contribution in [0.2, 0.25) is 0 Å². The Morgan fingerprint density at radius 1 is 1.44 bits per heavy atom. The minimum atomic E-state index is -0.381. The smallest absolute Gasteiger partial charge is 0.332 e. The molecule has 0 spiro atoms. The Balaban J connectivity index is 2.18. The Kier molecular flexibility index (Phi) is 5.50. The predicted octanol–water partition coefficient (Wildman–Crippen LogP) is 2.18. The Morgan fingerprint density at radius 3 is 2.75 bits per heavy atom. The summed E-state index contributed by atoms with van der Waals surface area (Å²) in [7, 11) is 0. The normalized spacial score (nSPS) is 11.2. The third kappa shape index (κ3) is 5.46. The molecule has 4 heteroatoms. The second-order valence-electron chi connectivity index (χ2n) is 3.22. The molecule has 0 radical (unpaired) electrons. The van der Waals surface area contributed by atoms with E-state index >= 15 is 0 Å². The number of nitrogens with two attached hydrogens (primary N) is 1. The highest BCUT2D eigenvalue weighted by Crippen LogP contribution is 2.16. The van der Waals surface area contributed by atoms with Crippen molar-refractivity contribution in [1.29, 1.82) is 0 Å². The van der Waals surface area contributed by atoms with Gasteiger partial charge in [-0.15, -0.1) is 11.8 Å². The van der Waals surface area contributed by atoms with Gasteiger partial charge in [0.05, 0.1) is 0 Å². The van der Waals surface area contributed by atoms with Crippen LogP contribution < -0.4 is 5.73 Å². The highest BCUT2D eigenvalue weighted by atomic mass is 32.2. The Labute approximate surface area is 99.7 Å². The number of hydrogen-bond acceptors (Lipinski definition) is 4. The maximum Gasteiger partial charge on any atom is 0.332 e. The van der Waals surface area contributed by atoms with Gasteiger partial charge in [0.2, 0.25) is 0 Å². The highest BCUT2D eigenvalue weighted by molar-refractivity contribution is 7.99. The van der Waals surface area contributed by atoms with E-state index in [0.29, 0.717) is 12.3 Å². The summed E-state index contributed by atoms with van der Waals surface area (Å²) in [5.41, 5.74) is 5.80. The maximum absolute atomic E-state index is 11.1. The lowest BCUT2D eigenvalue weighted by Gasteiger charge is -2.02. The average molecular weight is 237 g/mol. The lowest BCUT2D eigenvalue weighted by molar-refractivity contribution is -0.137. The molecule has 0 aliphatic heterocycles. The number of carbonyl (C=O) groups is 1. The minimum absolute atomic E-state index is 0.381. The number of ether oxygens (including phenoxy) is 1. The molecule has 0 saturated heterocycles. The van der Waals surface area contributed by atoms with Crippen LogP contribution >= 0.6 is 11.8 Å². The van der Waals surface area contributed by atoms with Crippen LogP contribution in [-0.2, 0) is 9.53 Å². The van der Waals surface area contributed by atoms with Gasteiger partial charge in [-0.05, 0) is 19.1 Å². The standard InChI is InChI=1S/C12H15NO2S/c1-10(13)9-12(14)15-7-8-16-11-5-3-2-4-6-11/h2-6,9H,7-8,13H2,1H3. The molecule has 2 N–H and O–H groups in total. The van der Waals surface area contributed by atoms with E-state index in [4.69, 9.17) is 10.5 Å². The molecule has 1 rings (SSSR count). The molecule has 3 nitrogen and oxygen atoms in total. The zero-order valence-electron chi connectivity index (χ0n) is 9.18.